The summed E-state index contributed by atoms with van der Waals surface area (Å²) in [6.07, 6.45) is 1.26. The zero-order chi connectivity index (χ0) is 10.8. The molecule has 4 heteroatoms. The Morgan fingerprint density at radius 2 is 2.14 bits per heavy atom. The van der Waals surface area contributed by atoms with Gasteiger partial charge in [-0.2, -0.15) is 0 Å². The first-order valence-corrected chi connectivity index (χ1v) is 5.24. The Hall–Kier alpha value is -0.160. The number of aliphatic hydroxyl groups excluding tert-OH is 1. The van der Waals surface area contributed by atoms with Crippen molar-refractivity contribution in [1.82, 2.24) is 4.90 Å². The van der Waals surface area contributed by atoms with Gasteiger partial charge in [0.2, 0.25) is 6.41 Å². The van der Waals surface area contributed by atoms with Crippen LogP contribution < -0.4 is 5.73 Å². The van der Waals surface area contributed by atoms with Gasteiger partial charge < -0.3 is 15.6 Å². The van der Waals surface area contributed by atoms with Crippen molar-refractivity contribution in [3.8, 4) is 0 Å². The third kappa shape index (κ3) is 3.92. The van der Waals surface area contributed by atoms with Crippen LogP contribution >= 0.6 is 0 Å². The minimum atomic E-state index is -0.818. The lowest BCUT2D eigenvalue weighted by Gasteiger charge is -2.36. The van der Waals surface area contributed by atoms with Crippen LogP contribution in [0.5, 0.6) is 0 Å². The molecule has 1 aliphatic rings. The summed E-state index contributed by atoms with van der Waals surface area (Å²) >= 11 is 0. The van der Waals surface area contributed by atoms with E-state index in [1.807, 2.05) is 25.7 Å². The Morgan fingerprint density at radius 3 is 2.64 bits per heavy atom. The minimum absolute atomic E-state index is 0.168. The molecule has 14 heavy (non-hydrogen) atoms. The maximum Gasteiger partial charge on any atom is 0.216 e. The third-order valence-electron chi connectivity index (χ3n) is 2.26. The van der Waals surface area contributed by atoms with Gasteiger partial charge in [0.25, 0.3) is 0 Å². The molecular formula is C10H22N2O2. The van der Waals surface area contributed by atoms with Crippen LogP contribution in [0.3, 0.4) is 0 Å². The minimum Gasteiger partial charge on any atom is -0.356 e. The van der Waals surface area contributed by atoms with Crippen molar-refractivity contribution >= 4 is 0 Å². The average Bonchev–Trinajstić information content (AvgIpc) is 2.01. The summed E-state index contributed by atoms with van der Waals surface area (Å²) < 4.78 is 5.45. The SMILES string of the molecule is CC(C)(C)OC(O)N1CCC[C@@H](N)C1. The Labute approximate surface area is 86.0 Å². The van der Waals surface area contributed by atoms with E-state index in [4.69, 9.17) is 10.5 Å². The Kier molecular flexibility index (Phi) is 3.89. The van der Waals surface area contributed by atoms with Crippen molar-refractivity contribution in [2.45, 2.75) is 51.7 Å². The first-order chi connectivity index (χ1) is 6.38. The first kappa shape index (κ1) is 11.9. The highest BCUT2D eigenvalue weighted by Crippen LogP contribution is 2.16. The third-order valence-corrected chi connectivity index (χ3v) is 2.26. The summed E-state index contributed by atoms with van der Waals surface area (Å²) in [5.41, 5.74) is 5.50. The van der Waals surface area contributed by atoms with Crippen molar-refractivity contribution in [1.29, 1.82) is 0 Å². The highest BCUT2D eigenvalue weighted by molar-refractivity contribution is 4.75. The molecule has 1 rings (SSSR count). The van der Waals surface area contributed by atoms with Crippen LogP contribution in [0.2, 0.25) is 0 Å². The molecule has 2 atom stereocenters. The molecule has 1 saturated heterocycles. The summed E-state index contributed by atoms with van der Waals surface area (Å²) in [6.45, 7) is 7.38. The Morgan fingerprint density at radius 1 is 1.50 bits per heavy atom. The maximum absolute atomic E-state index is 9.78. The van der Waals surface area contributed by atoms with Gasteiger partial charge in [0.05, 0.1) is 5.60 Å². The number of likely N-dealkylation sites (tertiary alicyclic amines) is 1. The van der Waals surface area contributed by atoms with Crippen molar-refractivity contribution in [3.63, 3.8) is 0 Å². The average molecular weight is 202 g/mol. The van der Waals surface area contributed by atoms with E-state index in [1.54, 1.807) is 0 Å². The zero-order valence-electron chi connectivity index (χ0n) is 9.36. The van der Waals surface area contributed by atoms with Crippen molar-refractivity contribution in [3.05, 3.63) is 0 Å². The fourth-order valence-electron chi connectivity index (χ4n) is 1.63. The first-order valence-electron chi connectivity index (χ1n) is 5.24. The second kappa shape index (κ2) is 4.57. The van der Waals surface area contributed by atoms with E-state index in [-0.39, 0.29) is 11.6 Å². The molecule has 0 aliphatic carbocycles. The lowest BCUT2D eigenvalue weighted by atomic mass is 10.1. The molecule has 1 fully saturated rings. The molecule has 0 spiro atoms. The van der Waals surface area contributed by atoms with Crippen molar-refractivity contribution < 1.29 is 9.84 Å². The highest BCUT2D eigenvalue weighted by Gasteiger charge is 2.26. The zero-order valence-corrected chi connectivity index (χ0v) is 9.36. The molecule has 1 heterocycles. The fraction of sp³-hybridized carbons (Fsp3) is 1.00. The van der Waals surface area contributed by atoms with Crippen LogP contribution in [0, 0.1) is 0 Å². The quantitative estimate of drug-likeness (QED) is 0.640. The molecule has 0 bridgehead atoms. The monoisotopic (exact) mass is 202 g/mol. The van der Waals surface area contributed by atoms with Crippen LogP contribution in [0.15, 0.2) is 0 Å². The van der Waals surface area contributed by atoms with E-state index in [1.165, 1.54) is 0 Å². The van der Waals surface area contributed by atoms with Gasteiger partial charge in [0.15, 0.2) is 0 Å². The van der Waals surface area contributed by atoms with E-state index >= 15 is 0 Å². The summed E-state index contributed by atoms with van der Waals surface area (Å²) in [7, 11) is 0. The summed E-state index contributed by atoms with van der Waals surface area (Å²) in [4.78, 5) is 1.89. The molecule has 0 saturated carbocycles. The molecule has 0 radical (unpaired) electrons. The molecule has 0 amide bonds. The molecule has 0 aromatic carbocycles. The van der Waals surface area contributed by atoms with Gasteiger partial charge in [0.1, 0.15) is 0 Å². The van der Waals surface area contributed by atoms with Crippen molar-refractivity contribution in [2.24, 2.45) is 5.73 Å². The number of nitrogens with zero attached hydrogens (tertiary/aromatic N) is 1. The Bertz CT molecular complexity index is 179. The van der Waals surface area contributed by atoms with Crippen LogP contribution in [-0.2, 0) is 4.74 Å². The van der Waals surface area contributed by atoms with Crippen LogP contribution in [-0.4, -0.2) is 41.2 Å². The van der Waals surface area contributed by atoms with Crippen molar-refractivity contribution in [2.75, 3.05) is 13.1 Å². The van der Waals surface area contributed by atoms with Gasteiger partial charge in [-0.05, 0) is 33.6 Å². The van der Waals surface area contributed by atoms with Crippen LogP contribution in [0.4, 0.5) is 0 Å². The number of piperidine rings is 1. The van der Waals surface area contributed by atoms with Crippen LogP contribution in [0.1, 0.15) is 33.6 Å². The smallest absolute Gasteiger partial charge is 0.216 e. The van der Waals surface area contributed by atoms with Gasteiger partial charge >= 0.3 is 0 Å². The van der Waals surface area contributed by atoms with Gasteiger partial charge in [-0.1, -0.05) is 0 Å². The van der Waals surface area contributed by atoms with Crippen LogP contribution in [0.25, 0.3) is 0 Å². The number of hydrogen-bond donors (Lipinski definition) is 2. The molecule has 4 nitrogen and oxygen atoms in total. The molecule has 0 aromatic rings. The summed E-state index contributed by atoms with van der Waals surface area (Å²) in [5.74, 6) is 0. The number of nitrogens with two attached hydrogens (primary N) is 1. The molecular weight excluding hydrogens is 180 g/mol. The summed E-state index contributed by atoms with van der Waals surface area (Å²) in [6, 6.07) is 0.168. The fourth-order valence-corrected chi connectivity index (χ4v) is 1.63. The predicted molar refractivity (Wildman–Crippen MR) is 55.6 cm³/mol. The molecule has 84 valence electrons. The number of hydrogen-bond acceptors (Lipinski definition) is 4. The second-order valence-electron chi connectivity index (χ2n) is 4.95. The van der Waals surface area contributed by atoms with Gasteiger partial charge in [0, 0.05) is 19.1 Å². The lowest BCUT2D eigenvalue weighted by molar-refractivity contribution is -0.242. The molecule has 0 aromatic heterocycles. The predicted octanol–water partition coefficient (Wildman–Crippen LogP) is 0.501. The van der Waals surface area contributed by atoms with E-state index in [9.17, 15) is 5.11 Å². The molecule has 3 N–H and O–H groups in total. The topological polar surface area (TPSA) is 58.7 Å². The second-order valence-corrected chi connectivity index (χ2v) is 4.95. The standard InChI is InChI=1S/C10H22N2O2/c1-10(2,3)14-9(13)12-6-4-5-8(11)7-12/h8-9,13H,4-7,11H2,1-3H3/t8-,9?/m1/s1. The number of ether oxygens (including phenoxy) is 1. The Balaban J connectivity index is 2.39. The lowest BCUT2D eigenvalue weighted by Crippen LogP contribution is -2.50. The summed E-state index contributed by atoms with van der Waals surface area (Å²) in [5, 5.41) is 9.78. The van der Waals surface area contributed by atoms with E-state index in [0.717, 1.165) is 25.9 Å². The van der Waals surface area contributed by atoms with Gasteiger partial charge in [-0.15, -0.1) is 0 Å². The van der Waals surface area contributed by atoms with Gasteiger partial charge in [-0.25, -0.2) is 0 Å². The largest absolute Gasteiger partial charge is 0.356 e. The normalized spacial score (nSPS) is 27.6. The molecule has 1 aliphatic heterocycles. The highest BCUT2D eigenvalue weighted by atomic mass is 16.6. The number of aliphatic hydroxyl groups is 1. The van der Waals surface area contributed by atoms with E-state index in [0.29, 0.717) is 0 Å². The van der Waals surface area contributed by atoms with E-state index < -0.39 is 6.41 Å². The van der Waals surface area contributed by atoms with E-state index in [2.05, 4.69) is 0 Å². The van der Waals surface area contributed by atoms with Gasteiger partial charge in [-0.3, -0.25) is 4.90 Å². The maximum atomic E-state index is 9.78. The number of rotatable bonds is 2. The molecule has 1 unspecified atom stereocenters.